The number of thiophene rings is 1. The Morgan fingerprint density at radius 2 is 1.86 bits per heavy atom. The largest absolute Gasteiger partial charge is 0.488 e. The van der Waals surface area contributed by atoms with Gasteiger partial charge in [0, 0.05) is 29.2 Å². The third-order valence-corrected chi connectivity index (χ3v) is 5.24. The van der Waals surface area contributed by atoms with Crippen LogP contribution in [0.1, 0.15) is 21.5 Å². The van der Waals surface area contributed by atoms with Gasteiger partial charge in [-0.05, 0) is 52.7 Å². The zero-order valence-corrected chi connectivity index (χ0v) is 16.1. The number of hydrogen-bond acceptors (Lipinski definition) is 4. The van der Waals surface area contributed by atoms with E-state index in [4.69, 9.17) is 9.84 Å². The number of hydrogen-bond donors (Lipinski definition) is 1. The molecule has 29 heavy (non-hydrogen) atoms. The fourth-order valence-electron chi connectivity index (χ4n) is 3.03. The van der Waals surface area contributed by atoms with Crippen LogP contribution in [0.3, 0.4) is 0 Å². The third-order valence-electron chi connectivity index (χ3n) is 4.51. The summed E-state index contributed by atoms with van der Waals surface area (Å²) < 4.78 is 7.83. The Morgan fingerprint density at radius 1 is 1.07 bits per heavy atom. The van der Waals surface area contributed by atoms with Crippen LogP contribution in [0.5, 0.6) is 5.75 Å². The number of benzene rings is 2. The smallest absolute Gasteiger partial charge is 0.335 e. The van der Waals surface area contributed by atoms with Crippen molar-refractivity contribution in [1.29, 1.82) is 5.26 Å². The molecule has 0 aliphatic carbocycles. The van der Waals surface area contributed by atoms with E-state index in [2.05, 4.69) is 6.07 Å². The van der Waals surface area contributed by atoms with Gasteiger partial charge in [0.2, 0.25) is 0 Å². The van der Waals surface area contributed by atoms with Crippen LogP contribution >= 0.6 is 11.3 Å². The van der Waals surface area contributed by atoms with E-state index in [0.717, 1.165) is 22.4 Å². The minimum Gasteiger partial charge on any atom is -0.488 e. The second-order valence-electron chi connectivity index (χ2n) is 6.37. The highest BCUT2D eigenvalue weighted by atomic mass is 32.1. The van der Waals surface area contributed by atoms with E-state index < -0.39 is 5.97 Å². The van der Waals surface area contributed by atoms with Crippen molar-refractivity contribution in [1.82, 2.24) is 4.57 Å². The highest BCUT2D eigenvalue weighted by molar-refractivity contribution is 7.07. The molecule has 0 aliphatic heterocycles. The zero-order valence-electron chi connectivity index (χ0n) is 15.3. The first-order chi connectivity index (χ1) is 14.2. The second kappa shape index (κ2) is 8.05. The van der Waals surface area contributed by atoms with Crippen molar-refractivity contribution < 1.29 is 14.6 Å². The number of nitriles is 1. The summed E-state index contributed by atoms with van der Waals surface area (Å²) in [5, 5.41) is 22.8. The summed E-state index contributed by atoms with van der Waals surface area (Å²) in [6.45, 7) is 0.458. The summed E-state index contributed by atoms with van der Waals surface area (Å²) in [5.74, 6) is -0.270. The number of carboxylic acid groups (broad SMARTS) is 1. The molecule has 1 N–H and O–H groups in total. The Kier molecular flexibility index (Phi) is 5.14. The van der Waals surface area contributed by atoms with Gasteiger partial charge in [0.25, 0.3) is 0 Å². The summed E-state index contributed by atoms with van der Waals surface area (Å²) in [7, 11) is 0. The minimum atomic E-state index is -0.973. The van der Waals surface area contributed by atoms with Gasteiger partial charge < -0.3 is 14.4 Å². The maximum absolute atomic E-state index is 11.1. The van der Waals surface area contributed by atoms with E-state index in [1.54, 1.807) is 41.8 Å². The number of para-hydroxylation sites is 1. The molecule has 0 unspecified atom stereocenters. The Bertz CT molecular complexity index is 1190. The Balaban J connectivity index is 1.69. The number of nitrogens with zero attached hydrogens (tertiary/aromatic N) is 2. The third kappa shape index (κ3) is 3.91. The van der Waals surface area contributed by atoms with E-state index in [1.807, 2.05) is 51.9 Å². The van der Waals surface area contributed by atoms with Crippen LogP contribution in [0, 0.1) is 11.3 Å². The van der Waals surface area contributed by atoms with Crippen molar-refractivity contribution in [2.24, 2.45) is 0 Å². The number of aromatic nitrogens is 1. The summed E-state index contributed by atoms with van der Waals surface area (Å²) in [5.41, 5.74) is 4.19. The summed E-state index contributed by atoms with van der Waals surface area (Å²) in [6.07, 6.45) is 3.60. The Morgan fingerprint density at radius 3 is 2.55 bits per heavy atom. The van der Waals surface area contributed by atoms with E-state index in [0.29, 0.717) is 17.9 Å². The molecular weight excluding hydrogens is 384 g/mol. The van der Waals surface area contributed by atoms with Crippen LogP contribution in [0.2, 0.25) is 0 Å². The fourth-order valence-corrected chi connectivity index (χ4v) is 3.69. The number of ether oxygens (including phenoxy) is 1. The molecule has 0 saturated carbocycles. The average molecular weight is 400 g/mol. The average Bonchev–Trinajstić information content (AvgIpc) is 3.42. The topological polar surface area (TPSA) is 75.2 Å². The highest BCUT2D eigenvalue weighted by Crippen LogP contribution is 2.34. The number of rotatable bonds is 6. The molecular formula is C23H16N2O3S. The first kappa shape index (κ1) is 18.5. The molecule has 142 valence electrons. The second-order valence-corrected chi connectivity index (χ2v) is 7.15. The molecule has 0 aliphatic rings. The summed E-state index contributed by atoms with van der Waals surface area (Å²) in [6, 6.07) is 18.4. The van der Waals surface area contributed by atoms with E-state index in [1.165, 1.54) is 0 Å². The Labute approximate surface area is 171 Å². The number of carbonyl (C=O) groups is 1. The lowest BCUT2D eigenvalue weighted by Gasteiger charge is -2.10. The van der Waals surface area contributed by atoms with Gasteiger partial charge >= 0.3 is 5.97 Å². The van der Waals surface area contributed by atoms with E-state index in [-0.39, 0.29) is 5.56 Å². The fraction of sp³-hybridized carbons (Fsp3) is 0.0435. The molecule has 2 aromatic heterocycles. The molecule has 4 rings (SSSR count). The summed E-state index contributed by atoms with van der Waals surface area (Å²) in [4.78, 5) is 11.1. The van der Waals surface area contributed by atoms with Gasteiger partial charge in [0.1, 0.15) is 18.4 Å². The maximum atomic E-state index is 11.1. The number of carboxylic acids is 1. The number of aromatic carboxylic acids is 1. The quantitative estimate of drug-likeness (QED) is 0.473. The molecule has 4 aromatic rings. The normalized spacial score (nSPS) is 10.4. The van der Waals surface area contributed by atoms with Crippen molar-refractivity contribution in [3.8, 4) is 28.6 Å². The molecule has 2 heterocycles. The van der Waals surface area contributed by atoms with Crippen molar-refractivity contribution >= 4 is 17.3 Å². The molecule has 0 amide bonds. The lowest BCUT2D eigenvalue weighted by atomic mass is 10.0. The molecule has 0 radical (unpaired) electrons. The lowest BCUT2D eigenvalue weighted by Crippen LogP contribution is -1.97. The molecule has 0 spiro atoms. The van der Waals surface area contributed by atoms with Gasteiger partial charge in [0.05, 0.1) is 11.1 Å². The van der Waals surface area contributed by atoms with Crippen molar-refractivity contribution in [2.45, 2.75) is 6.61 Å². The van der Waals surface area contributed by atoms with Crippen LogP contribution in [-0.2, 0) is 6.61 Å². The van der Waals surface area contributed by atoms with Gasteiger partial charge in [-0.25, -0.2) is 4.79 Å². The minimum absolute atomic E-state index is 0.216. The van der Waals surface area contributed by atoms with Crippen LogP contribution < -0.4 is 4.74 Å². The first-order valence-electron chi connectivity index (χ1n) is 8.85. The van der Waals surface area contributed by atoms with Gasteiger partial charge in [-0.1, -0.05) is 18.2 Å². The highest BCUT2D eigenvalue weighted by Gasteiger charge is 2.14. The van der Waals surface area contributed by atoms with Gasteiger partial charge in [-0.3, -0.25) is 0 Å². The van der Waals surface area contributed by atoms with Gasteiger partial charge in [-0.15, -0.1) is 0 Å². The summed E-state index contributed by atoms with van der Waals surface area (Å²) >= 11 is 1.62. The van der Waals surface area contributed by atoms with Crippen molar-refractivity contribution in [3.05, 3.63) is 94.4 Å². The first-order valence-corrected chi connectivity index (χ1v) is 9.79. The molecule has 2 aromatic carbocycles. The van der Waals surface area contributed by atoms with Gasteiger partial charge in [0.15, 0.2) is 0 Å². The lowest BCUT2D eigenvalue weighted by molar-refractivity contribution is 0.0697. The van der Waals surface area contributed by atoms with Crippen LogP contribution in [0.25, 0.3) is 16.8 Å². The van der Waals surface area contributed by atoms with Crippen molar-refractivity contribution in [3.63, 3.8) is 0 Å². The van der Waals surface area contributed by atoms with Gasteiger partial charge in [-0.2, -0.15) is 16.6 Å². The predicted molar refractivity (Wildman–Crippen MR) is 112 cm³/mol. The Hall–Kier alpha value is -3.82. The zero-order chi connectivity index (χ0) is 20.2. The SMILES string of the molecule is N#Cc1cn(-c2ccc(C(=O)O)cc2)cc1-c1ccccc1OCc1ccsc1. The molecule has 0 atom stereocenters. The molecule has 0 fully saturated rings. The van der Waals surface area contributed by atoms with E-state index >= 15 is 0 Å². The molecule has 0 bridgehead atoms. The molecule has 6 heteroatoms. The predicted octanol–water partition coefficient (Wildman–Crippen LogP) is 5.35. The standard InChI is InChI=1S/C23H16N2O3S/c24-11-18-12-25(19-7-5-17(6-8-19)23(26)27)13-21(18)20-3-1-2-4-22(20)28-14-16-9-10-29-15-16/h1-10,12-13,15H,14H2,(H,26,27). The van der Waals surface area contributed by atoms with Crippen LogP contribution in [-0.4, -0.2) is 15.6 Å². The molecule has 0 saturated heterocycles. The van der Waals surface area contributed by atoms with Crippen molar-refractivity contribution in [2.75, 3.05) is 0 Å². The van der Waals surface area contributed by atoms with E-state index in [9.17, 15) is 10.1 Å². The monoisotopic (exact) mass is 400 g/mol. The molecule has 5 nitrogen and oxygen atoms in total. The van der Waals surface area contributed by atoms with Crippen LogP contribution in [0.4, 0.5) is 0 Å². The maximum Gasteiger partial charge on any atom is 0.335 e. The van der Waals surface area contributed by atoms with Crippen LogP contribution in [0.15, 0.2) is 77.8 Å².